The summed E-state index contributed by atoms with van der Waals surface area (Å²) in [5.74, 6) is 1.91. The van der Waals surface area contributed by atoms with Crippen LogP contribution in [0.5, 0.6) is 11.5 Å². The van der Waals surface area contributed by atoms with E-state index in [2.05, 4.69) is 31.3 Å². The number of rotatable bonds is 9. The topological polar surface area (TPSA) is 47.6 Å². The fraction of sp³-hybridized carbons (Fsp3) is 0.435. The van der Waals surface area contributed by atoms with Crippen LogP contribution in [0.4, 0.5) is 0 Å². The second-order valence-electron chi connectivity index (χ2n) is 7.12. The maximum Gasteiger partial charge on any atom is 0.261 e. The van der Waals surface area contributed by atoms with Gasteiger partial charge in [0.2, 0.25) is 0 Å². The van der Waals surface area contributed by atoms with Crippen molar-refractivity contribution in [3.63, 3.8) is 0 Å². The lowest BCUT2D eigenvalue weighted by Crippen LogP contribution is -2.39. The predicted molar refractivity (Wildman–Crippen MR) is 110 cm³/mol. The Labute approximate surface area is 162 Å². The molecule has 0 heterocycles. The van der Waals surface area contributed by atoms with Gasteiger partial charge in [0.1, 0.15) is 18.1 Å². The van der Waals surface area contributed by atoms with Gasteiger partial charge in [-0.3, -0.25) is 4.79 Å². The van der Waals surface area contributed by atoms with Crippen LogP contribution in [0, 0.1) is 13.8 Å². The SMILES string of the molecule is CC[C@@H](Oc1ccc(C)cc1C)C(=O)NCCOc1ccccc1C(C)C. The summed E-state index contributed by atoms with van der Waals surface area (Å²) in [4.78, 5) is 12.5. The molecule has 2 aromatic rings. The van der Waals surface area contributed by atoms with Crippen molar-refractivity contribution >= 4 is 5.91 Å². The van der Waals surface area contributed by atoms with Crippen LogP contribution in [0.25, 0.3) is 0 Å². The summed E-state index contributed by atoms with van der Waals surface area (Å²) in [7, 11) is 0. The minimum atomic E-state index is -0.505. The van der Waals surface area contributed by atoms with E-state index in [0.29, 0.717) is 25.5 Å². The molecule has 4 nitrogen and oxygen atoms in total. The lowest BCUT2D eigenvalue weighted by atomic mass is 10.0. The summed E-state index contributed by atoms with van der Waals surface area (Å²) in [5.41, 5.74) is 3.39. The summed E-state index contributed by atoms with van der Waals surface area (Å²) >= 11 is 0. The lowest BCUT2D eigenvalue weighted by Gasteiger charge is -2.19. The van der Waals surface area contributed by atoms with Gasteiger partial charge in [0, 0.05) is 0 Å². The quantitative estimate of drug-likeness (QED) is 0.647. The van der Waals surface area contributed by atoms with Crippen LogP contribution in [-0.2, 0) is 4.79 Å². The number of hydrogen-bond donors (Lipinski definition) is 1. The van der Waals surface area contributed by atoms with Crippen molar-refractivity contribution in [1.82, 2.24) is 5.32 Å². The van der Waals surface area contributed by atoms with Gasteiger partial charge < -0.3 is 14.8 Å². The highest BCUT2D eigenvalue weighted by molar-refractivity contribution is 5.81. The van der Waals surface area contributed by atoms with E-state index in [1.165, 1.54) is 11.1 Å². The summed E-state index contributed by atoms with van der Waals surface area (Å²) in [6.45, 7) is 11.1. The average molecular weight is 370 g/mol. The lowest BCUT2D eigenvalue weighted by molar-refractivity contribution is -0.128. The molecule has 0 saturated carbocycles. The molecule has 4 heteroatoms. The van der Waals surface area contributed by atoms with Gasteiger partial charge in [0.05, 0.1) is 6.54 Å². The highest BCUT2D eigenvalue weighted by Gasteiger charge is 2.19. The zero-order valence-corrected chi connectivity index (χ0v) is 17.0. The van der Waals surface area contributed by atoms with Gasteiger partial charge in [-0.2, -0.15) is 0 Å². The highest BCUT2D eigenvalue weighted by Crippen LogP contribution is 2.25. The molecule has 1 N–H and O–H groups in total. The Bertz CT molecular complexity index is 755. The molecule has 1 amide bonds. The first-order chi connectivity index (χ1) is 12.9. The van der Waals surface area contributed by atoms with Gasteiger partial charge in [-0.15, -0.1) is 0 Å². The molecule has 2 aromatic carbocycles. The first kappa shape index (κ1) is 20.8. The van der Waals surface area contributed by atoms with Gasteiger partial charge in [0.25, 0.3) is 5.91 Å². The largest absolute Gasteiger partial charge is 0.491 e. The molecule has 2 rings (SSSR count). The maximum atomic E-state index is 12.5. The molecule has 146 valence electrons. The summed E-state index contributed by atoms with van der Waals surface area (Å²) in [5, 5.41) is 2.91. The van der Waals surface area contributed by atoms with Crippen molar-refractivity contribution in [3.05, 3.63) is 59.2 Å². The van der Waals surface area contributed by atoms with E-state index >= 15 is 0 Å². The van der Waals surface area contributed by atoms with Gasteiger partial charge in [-0.25, -0.2) is 0 Å². The number of aryl methyl sites for hydroxylation is 2. The van der Waals surface area contributed by atoms with Crippen molar-refractivity contribution in [2.75, 3.05) is 13.2 Å². The van der Waals surface area contributed by atoms with Crippen LogP contribution in [-0.4, -0.2) is 25.2 Å². The van der Waals surface area contributed by atoms with E-state index in [9.17, 15) is 4.79 Å². The third kappa shape index (κ3) is 6.02. The number of hydrogen-bond acceptors (Lipinski definition) is 3. The molecule has 1 atom stereocenters. The minimum absolute atomic E-state index is 0.113. The van der Waals surface area contributed by atoms with E-state index < -0.39 is 6.10 Å². The molecule has 0 aliphatic heterocycles. The first-order valence-corrected chi connectivity index (χ1v) is 9.65. The first-order valence-electron chi connectivity index (χ1n) is 9.65. The molecule has 0 spiro atoms. The Kier molecular flexibility index (Phi) is 7.71. The Balaban J connectivity index is 1.85. The van der Waals surface area contributed by atoms with Crippen LogP contribution in [0.3, 0.4) is 0 Å². The van der Waals surface area contributed by atoms with Gasteiger partial charge in [-0.05, 0) is 49.4 Å². The van der Waals surface area contributed by atoms with Crippen molar-refractivity contribution in [2.24, 2.45) is 0 Å². The molecule has 0 fully saturated rings. The third-order valence-electron chi connectivity index (χ3n) is 4.46. The molecule has 27 heavy (non-hydrogen) atoms. The zero-order chi connectivity index (χ0) is 19.8. The number of ether oxygens (including phenoxy) is 2. The van der Waals surface area contributed by atoms with Crippen molar-refractivity contribution in [1.29, 1.82) is 0 Å². The Hall–Kier alpha value is -2.49. The van der Waals surface area contributed by atoms with E-state index in [1.54, 1.807) is 0 Å². The third-order valence-corrected chi connectivity index (χ3v) is 4.46. The number of amides is 1. The molecule has 0 saturated heterocycles. The van der Waals surface area contributed by atoms with E-state index in [1.807, 2.05) is 51.1 Å². The van der Waals surface area contributed by atoms with E-state index in [-0.39, 0.29) is 5.91 Å². The van der Waals surface area contributed by atoms with E-state index in [4.69, 9.17) is 9.47 Å². The zero-order valence-electron chi connectivity index (χ0n) is 17.0. The number of benzene rings is 2. The number of carbonyl (C=O) groups excluding carboxylic acids is 1. The van der Waals surface area contributed by atoms with Crippen molar-refractivity contribution in [2.45, 2.75) is 53.1 Å². The predicted octanol–water partition coefficient (Wildman–Crippen LogP) is 4.78. The van der Waals surface area contributed by atoms with Crippen LogP contribution < -0.4 is 14.8 Å². The molecule has 0 radical (unpaired) electrons. The van der Waals surface area contributed by atoms with Crippen LogP contribution >= 0.6 is 0 Å². The molecule has 0 aliphatic carbocycles. The molecular formula is C23H31NO3. The number of para-hydroxylation sites is 1. The second kappa shape index (κ2) is 10.0. The molecule has 0 unspecified atom stereocenters. The van der Waals surface area contributed by atoms with Crippen LogP contribution in [0.2, 0.25) is 0 Å². The summed E-state index contributed by atoms with van der Waals surface area (Å²) < 4.78 is 11.8. The van der Waals surface area contributed by atoms with Crippen LogP contribution in [0.1, 0.15) is 49.8 Å². The highest BCUT2D eigenvalue weighted by atomic mass is 16.5. The van der Waals surface area contributed by atoms with Gasteiger partial charge >= 0.3 is 0 Å². The fourth-order valence-corrected chi connectivity index (χ4v) is 2.95. The van der Waals surface area contributed by atoms with E-state index in [0.717, 1.165) is 17.1 Å². The van der Waals surface area contributed by atoms with Crippen LogP contribution in [0.15, 0.2) is 42.5 Å². The standard InChI is InChI=1S/C23H31NO3/c1-6-20(27-21-12-11-17(4)15-18(21)5)23(25)24-13-14-26-22-10-8-7-9-19(22)16(2)3/h7-12,15-16,20H,6,13-14H2,1-5H3,(H,24,25)/t20-/m1/s1. The molecular weight excluding hydrogens is 338 g/mol. The monoisotopic (exact) mass is 369 g/mol. The Morgan fingerprint density at radius 1 is 1.07 bits per heavy atom. The average Bonchev–Trinajstić information content (AvgIpc) is 2.64. The maximum absolute atomic E-state index is 12.5. The fourth-order valence-electron chi connectivity index (χ4n) is 2.95. The van der Waals surface area contributed by atoms with Crippen molar-refractivity contribution < 1.29 is 14.3 Å². The smallest absolute Gasteiger partial charge is 0.261 e. The minimum Gasteiger partial charge on any atom is -0.491 e. The number of nitrogens with one attached hydrogen (secondary N) is 1. The summed E-state index contributed by atoms with van der Waals surface area (Å²) in [6, 6.07) is 14.0. The second-order valence-corrected chi connectivity index (χ2v) is 7.12. The Morgan fingerprint density at radius 3 is 2.48 bits per heavy atom. The Morgan fingerprint density at radius 2 is 1.81 bits per heavy atom. The normalized spacial score (nSPS) is 11.9. The van der Waals surface area contributed by atoms with Gasteiger partial charge in [0.15, 0.2) is 6.10 Å². The molecule has 0 bridgehead atoms. The number of carbonyl (C=O) groups is 1. The van der Waals surface area contributed by atoms with Crippen molar-refractivity contribution in [3.8, 4) is 11.5 Å². The molecule has 0 aliphatic rings. The molecule has 0 aromatic heterocycles. The summed E-state index contributed by atoms with van der Waals surface area (Å²) in [6.07, 6.45) is 0.102. The van der Waals surface area contributed by atoms with Gasteiger partial charge in [-0.1, -0.05) is 56.7 Å².